The molecule has 3 heteroatoms. The Balaban J connectivity index is 2.22. The topological polar surface area (TPSA) is 52.9 Å². The standard InChI is InChI=1S/C18H26N2O/c1-3-4-5-6-7-15(2)20-18(21)13-12-16-8-10-17(14-19)11-9-16/h8-11,15H,3-7,12-13H2,1-2H3,(H,20,21). The highest BCUT2D eigenvalue weighted by Gasteiger charge is 2.07. The minimum Gasteiger partial charge on any atom is -0.354 e. The molecule has 1 aromatic carbocycles. The van der Waals surface area contributed by atoms with Crippen LogP contribution in [0.15, 0.2) is 24.3 Å². The molecule has 0 aliphatic carbocycles. The largest absolute Gasteiger partial charge is 0.354 e. The van der Waals surface area contributed by atoms with Gasteiger partial charge in [-0.2, -0.15) is 5.26 Å². The average molecular weight is 286 g/mol. The van der Waals surface area contributed by atoms with E-state index < -0.39 is 0 Å². The van der Waals surface area contributed by atoms with Crippen LogP contribution in [0.5, 0.6) is 0 Å². The maximum Gasteiger partial charge on any atom is 0.220 e. The summed E-state index contributed by atoms with van der Waals surface area (Å²) >= 11 is 0. The molecule has 0 saturated carbocycles. The smallest absolute Gasteiger partial charge is 0.220 e. The highest BCUT2D eigenvalue weighted by Crippen LogP contribution is 2.08. The quantitative estimate of drug-likeness (QED) is 0.698. The van der Waals surface area contributed by atoms with Crippen LogP contribution in [-0.2, 0) is 11.2 Å². The molecule has 3 nitrogen and oxygen atoms in total. The summed E-state index contributed by atoms with van der Waals surface area (Å²) in [5, 5.41) is 11.8. The number of rotatable bonds is 9. The second-order valence-corrected chi connectivity index (χ2v) is 5.63. The molecule has 0 spiro atoms. The number of carbonyl (C=O) groups is 1. The Labute approximate surface area is 128 Å². The van der Waals surface area contributed by atoms with Gasteiger partial charge in [0.15, 0.2) is 0 Å². The fraction of sp³-hybridized carbons (Fsp3) is 0.556. The Morgan fingerprint density at radius 2 is 1.95 bits per heavy atom. The maximum atomic E-state index is 11.9. The molecule has 21 heavy (non-hydrogen) atoms. The predicted octanol–water partition coefficient (Wildman–Crippen LogP) is 3.97. The Morgan fingerprint density at radius 3 is 2.57 bits per heavy atom. The zero-order chi connectivity index (χ0) is 15.5. The number of nitrogens with zero attached hydrogens (tertiary/aromatic N) is 1. The van der Waals surface area contributed by atoms with E-state index in [1.165, 1.54) is 25.7 Å². The molecule has 0 aromatic heterocycles. The van der Waals surface area contributed by atoms with E-state index >= 15 is 0 Å². The van der Waals surface area contributed by atoms with E-state index in [1.54, 1.807) is 12.1 Å². The van der Waals surface area contributed by atoms with Crippen molar-refractivity contribution in [2.75, 3.05) is 0 Å². The summed E-state index contributed by atoms with van der Waals surface area (Å²) in [5.74, 6) is 0.113. The molecule has 1 aromatic rings. The number of benzene rings is 1. The number of carbonyl (C=O) groups excluding carboxylic acids is 1. The highest BCUT2D eigenvalue weighted by molar-refractivity contribution is 5.76. The van der Waals surface area contributed by atoms with Crippen LogP contribution in [-0.4, -0.2) is 11.9 Å². The van der Waals surface area contributed by atoms with Crippen LogP contribution >= 0.6 is 0 Å². The molecule has 0 heterocycles. The van der Waals surface area contributed by atoms with Gasteiger partial charge in [-0.05, 0) is 37.5 Å². The Hall–Kier alpha value is -1.82. The Morgan fingerprint density at radius 1 is 1.24 bits per heavy atom. The van der Waals surface area contributed by atoms with Crippen molar-refractivity contribution in [2.45, 2.75) is 64.8 Å². The third-order valence-corrected chi connectivity index (χ3v) is 3.62. The lowest BCUT2D eigenvalue weighted by Crippen LogP contribution is -2.32. The first kappa shape index (κ1) is 17.2. The summed E-state index contributed by atoms with van der Waals surface area (Å²) in [6.07, 6.45) is 7.24. The van der Waals surface area contributed by atoms with Gasteiger partial charge in [-0.25, -0.2) is 0 Å². The van der Waals surface area contributed by atoms with E-state index in [0.29, 0.717) is 12.0 Å². The zero-order valence-electron chi connectivity index (χ0n) is 13.2. The normalized spacial score (nSPS) is 11.7. The van der Waals surface area contributed by atoms with Crippen molar-refractivity contribution in [3.63, 3.8) is 0 Å². The van der Waals surface area contributed by atoms with E-state index in [1.807, 2.05) is 12.1 Å². The van der Waals surface area contributed by atoms with Crippen molar-refractivity contribution in [1.29, 1.82) is 5.26 Å². The van der Waals surface area contributed by atoms with E-state index in [4.69, 9.17) is 5.26 Å². The van der Waals surface area contributed by atoms with Gasteiger partial charge in [0.05, 0.1) is 11.6 Å². The molecule has 0 radical (unpaired) electrons. The minimum absolute atomic E-state index is 0.113. The van der Waals surface area contributed by atoms with Crippen LogP contribution in [0.25, 0.3) is 0 Å². The number of nitriles is 1. The second kappa shape index (κ2) is 9.99. The summed E-state index contributed by atoms with van der Waals surface area (Å²) in [4.78, 5) is 11.9. The van der Waals surface area contributed by atoms with Gasteiger partial charge in [-0.15, -0.1) is 0 Å². The minimum atomic E-state index is 0.113. The molecule has 0 aliphatic rings. The summed E-state index contributed by atoms with van der Waals surface area (Å²) in [6, 6.07) is 9.78. The number of hydrogen-bond donors (Lipinski definition) is 1. The van der Waals surface area contributed by atoms with Crippen molar-refractivity contribution >= 4 is 5.91 Å². The van der Waals surface area contributed by atoms with Gasteiger partial charge in [0.25, 0.3) is 0 Å². The summed E-state index contributed by atoms with van der Waals surface area (Å²) in [7, 11) is 0. The number of amides is 1. The first-order valence-electron chi connectivity index (χ1n) is 7.94. The third kappa shape index (κ3) is 7.51. The Bertz CT molecular complexity index is 459. The first-order chi connectivity index (χ1) is 10.2. The maximum absolute atomic E-state index is 11.9. The Kier molecular flexibility index (Phi) is 8.19. The molecular formula is C18H26N2O. The van der Waals surface area contributed by atoms with Crippen molar-refractivity contribution < 1.29 is 4.79 Å². The van der Waals surface area contributed by atoms with Gasteiger partial charge in [0, 0.05) is 12.5 Å². The van der Waals surface area contributed by atoms with Crippen molar-refractivity contribution in [3.8, 4) is 6.07 Å². The SMILES string of the molecule is CCCCCCC(C)NC(=O)CCc1ccc(C#N)cc1. The molecule has 1 rings (SSSR count). The molecule has 114 valence electrons. The van der Waals surface area contributed by atoms with E-state index in [2.05, 4.69) is 25.2 Å². The lowest BCUT2D eigenvalue weighted by atomic mass is 10.1. The van der Waals surface area contributed by atoms with E-state index in [9.17, 15) is 4.79 Å². The number of unbranched alkanes of at least 4 members (excludes halogenated alkanes) is 3. The number of nitrogens with one attached hydrogen (secondary N) is 1. The van der Waals surface area contributed by atoms with Crippen molar-refractivity contribution in [3.05, 3.63) is 35.4 Å². The fourth-order valence-electron chi connectivity index (χ4n) is 2.30. The highest BCUT2D eigenvalue weighted by atomic mass is 16.1. The van der Waals surface area contributed by atoms with Gasteiger partial charge >= 0.3 is 0 Å². The first-order valence-corrected chi connectivity index (χ1v) is 7.94. The summed E-state index contributed by atoms with van der Waals surface area (Å²) in [6.45, 7) is 4.28. The molecule has 0 bridgehead atoms. The second-order valence-electron chi connectivity index (χ2n) is 5.63. The fourth-order valence-corrected chi connectivity index (χ4v) is 2.30. The molecular weight excluding hydrogens is 260 g/mol. The third-order valence-electron chi connectivity index (χ3n) is 3.62. The predicted molar refractivity (Wildman–Crippen MR) is 85.8 cm³/mol. The molecule has 0 fully saturated rings. The van der Waals surface area contributed by atoms with Crippen LogP contribution in [0.1, 0.15) is 63.5 Å². The lowest BCUT2D eigenvalue weighted by Gasteiger charge is -2.13. The molecule has 1 N–H and O–H groups in total. The van der Waals surface area contributed by atoms with Gasteiger partial charge in [-0.3, -0.25) is 4.79 Å². The average Bonchev–Trinajstić information content (AvgIpc) is 2.50. The van der Waals surface area contributed by atoms with Gasteiger partial charge < -0.3 is 5.32 Å². The van der Waals surface area contributed by atoms with Gasteiger partial charge in [0.1, 0.15) is 0 Å². The van der Waals surface area contributed by atoms with Crippen LogP contribution in [0.4, 0.5) is 0 Å². The van der Waals surface area contributed by atoms with Gasteiger partial charge in [0.2, 0.25) is 5.91 Å². The molecule has 0 saturated heterocycles. The van der Waals surface area contributed by atoms with Gasteiger partial charge in [-0.1, -0.05) is 44.7 Å². The number of hydrogen-bond acceptors (Lipinski definition) is 2. The lowest BCUT2D eigenvalue weighted by molar-refractivity contribution is -0.121. The van der Waals surface area contributed by atoms with E-state index in [0.717, 1.165) is 18.4 Å². The molecule has 1 atom stereocenters. The van der Waals surface area contributed by atoms with Crippen molar-refractivity contribution in [2.24, 2.45) is 0 Å². The van der Waals surface area contributed by atoms with Crippen LogP contribution < -0.4 is 5.32 Å². The molecule has 1 amide bonds. The van der Waals surface area contributed by atoms with E-state index in [-0.39, 0.29) is 11.9 Å². The van der Waals surface area contributed by atoms with Crippen LogP contribution in [0.2, 0.25) is 0 Å². The van der Waals surface area contributed by atoms with Crippen molar-refractivity contribution in [1.82, 2.24) is 5.32 Å². The number of aryl methyl sites for hydroxylation is 1. The summed E-state index contributed by atoms with van der Waals surface area (Å²) in [5.41, 5.74) is 1.75. The summed E-state index contributed by atoms with van der Waals surface area (Å²) < 4.78 is 0. The van der Waals surface area contributed by atoms with Crippen LogP contribution in [0.3, 0.4) is 0 Å². The molecule has 0 aliphatic heterocycles. The zero-order valence-corrected chi connectivity index (χ0v) is 13.2. The monoisotopic (exact) mass is 286 g/mol. The van der Waals surface area contributed by atoms with Crippen LogP contribution in [0, 0.1) is 11.3 Å². The molecule has 1 unspecified atom stereocenters.